The van der Waals surface area contributed by atoms with Gasteiger partial charge in [-0.2, -0.15) is 0 Å². The van der Waals surface area contributed by atoms with Gasteiger partial charge < -0.3 is 5.11 Å². The molecule has 2 aromatic rings. The minimum absolute atomic E-state index is 0.159. The topological polar surface area (TPSA) is 79.3 Å². The first-order valence-corrected chi connectivity index (χ1v) is 8.39. The van der Waals surface area contributed by atoms with Crippen LogP contribution in [0.25, 0.3) is 0 Å². The van der Waals surface area contributed by atoms with E-state index >= 15 is 0 Å². The van der Waals surface area contributed by atoms with E-state index in [1.54, 1.807) is 23.2 Å². The molecule has 0 saturated carbocycles. The smallest absolute Gasteiger partial charge is 0.242 e. The first-order valence-electron chi connectivity index (χ1n) is 5.09. The van der Waals surface area contributed by atoms with E-state index in [-0.39, 0.29) is 18.0 Å². The van der Waals surface area contributed by atoms with Gasteiger partial charge in [0.25, 0.3) is 0 Å². The maximum atomic E-state index is 12.1. The van der Waals surface area contributed by atoms with Crippen molar-refractivity contribution in [1.29, 1.82) is 0 Å². The van der Waals surface area contributed by atoms with Crippen molar-refractivity contribution < 1.29 is 13.5 Å². The number of sulfonamides is 1. The quantitative estimate of drug-likeness (QED) is 0.877. The van der Waals surface area contributed by atoms with Crippen LogP contribution in [0.15, 0.2) is 21.2 Å². The lowest BCUT2D eigenvalue weighted by Crippen LogP contribution is -2.24. The molecule has 2 heterocycles. The molecule has 98 valence electrons. The average molecular weight is 304 g/mol. The van der Waals surface area contributed by atoms with Crippen molar-refractivity contribution in [1.82, 2.24) is 9.71 Å². The molecular formula is C10H12N2O3S3. The van der Waals surface area contributed by atoms with Crippen LogP contribution in [-0.4, -0.2) is 18.5 Å². The Labute approximate surface area is 113 Å². The molecule has 0 amide bonds. The predicted molar refractivity (Wildman–Crippen MR) is 71.1 cm³/mol. The molecular weight excluding hydrogens is 292 g/mol. The summed E-state index contributed by atoms with van der Waals surface area (Å²) in [5.41, 5.74) is 2.98. The number of nitrogens with zero attached hydrogens (tertiary/aromatic N) is 1. The van der Waals surface area contributed by atoms with Crippen LogP contribution < -0.4 is 4.72 Å². The highest BCUT2D eigenvalue weighted by molar-refractivity contribution is 7.89. The van der Waals surface area contributed by atoms with E-state index in [0.29, 0.717) is 16.1 Å². The number of hydrogen-bond donors (Lipinski definition) is 2. The van der Waals surface area contributed by atoms with Gasteiger partial charge in [0.1, 0.15) is 4.90 Å². The fraction of sp³-hybridized carbons (Fsp3) is 0.300. The predicted octanol–water partition coefficient (Wildman–Crippen LogP) is 1.48. The van der Waals surface area contributed by atoms with E-state index in [1.807, 2.05) is 0 Å². The monoisotopic (exact) mass is 304 g/mol. The fourth-order valence-electron chi connectivity index (χ4n) is 1.52. The Balaban J connectivity index is 2.22. The lowest BCUT2D eigenvalue weighted by atomic mass is 10.3. The van der Waals surface area contributed by atoms with Gasteiger partial charge in [0.2, 0.25) is 10.0 Å². The average Bonchev–Trinajstić information content (AvgIpc) is 2.95. The van der Waals surface area contributed by atoms with Gasteiger partial charge in [-0.05, 0) is 17.9 Å². The summed E-state index contributed by atoms with van der Waals surface area (Å²) in [6, 6.07) is 0. The number of aliphatic hydroxyl groups excluding tert-OH is 1. The maximum Gasteiger partial charge on any atom is 0.242 e. The lowest BCUT2D eigenvalue weighted by molar-refractivity contribution is 0.282. The van der Waals surface area contributed by atoms with Gasteiger partial charge in [-0.1, -0.05) is 0 Å². The van der Waals surface area contributed by atoms with Crippen LogP contribution in [-0.2, 0) is 23.2 Å². The molecule has 2 aromatic heterocycles. The number of thiazole rings is 1. The van der Waals surface area contributed by atoms with Crippen LogP contribution in [0.2, 0.25) is 0 Å². The molecule has 5 nitrogen and oxygen atoms in total. The lowest BCUT2D eigenvalue weighted by Gasteiger charge is -2.07. The minimum Gasteiger partial charge on any atom is -0.391 e. The minimum atomic E-state index is -3.60. The summed E-state index contributed by atoms with van der Waals surface area (Å²) < 4.78 is 26.8. The van der Waals surface area contributed by atoms with E-state index in [0.717, 1.165) is 0 Å². The van der Waals surface area contributed by atoms with E-state index in [1.165, 1.54) is 22.7 Å². The van der Waals surface area contributed by atoms with Gasteiger partial charge >= 0.3 is 0 Å². The van der Waals surface area contributed by atoms with E-state index < -0.39 is 10.0 Å². The van der Waals surface area contributed by atoms with Crippen molar-refractivity contribution in [3.63, 3.8) is 0 Å². The molecule has 0 aliphatic carbocycles. The first kappa shape index (κ1) is 13.6. The molecule has 0 aliphatic heterocycles. The number of rotatable bonds is 5. The van der Waals surface area contributed by atoms with Crippen LogP contribution in [0.1, 0.15) is 16.1 Å². The summed E-state index contributed by atoms with van der Waals surface area (Å²) >= 11 is 2.66. The van der Waals surface area contributed by atoms with Crippen LogP contribution in [0.5, 0.6) is 0 Å². The van der Waals surface area contributed by atoms with Crippen molar-refractivity contribution >= 4 is 32.7 Å². The molecule has 2 rings (SSSR count). The summed E-state index contributed by atoms with van der Waals surface area (Å²) in [6.45, 7) is 1.60. The molecule has 0 fully saturated rings. The van der Waals surface area contributed by atoms with Crippen LogP contribution in [0.3, 0.4) is 0 Å². The van der Waals surface area contributed by atoms with Gasteiger partial charge in [-0.3, -0.25) is 0 Å². The largest absolute Gasteiger partial charge is 0.391 e. The molecule has 0 radical (unpaired) electrons. The Morgan fingerprint density at radius 2 is 2.22 bits per heavy atom. The molecule has 0 unspecified atom stereocenters. The second-order valence-electron chi connectivity index (χ2n) is 3.63. The number of aliphatic hydroxyl groups is 1. The Morgan fingerprint density at radius 3 is 2.83 bits per heavy atom. The summed E-state index contributed by atoms with van der Waals surface area (Å²) in [4.78, 5) is 4.65. The van der Waals surface area contributed by atoms with Crippen molar-refractivity contribution in [2.75, 3.05) is 0 Å². The highest BCUT2D eigenvalue weighted by Gasteiger charge is 2.22. The van der Waals surface area contributed by atoms with Crippen LogP contribution >= 0.6 is 22.7 Å². The number of hydrogen-bond acceptors (Lipinski definition) is 6. The molecule has 2 N–H and O–H groups in total. The zero-order valence-electron chi connectivity index (χ0n) is 9.58. The molecule has 0 spiro atoms. The first-order chi connectivity index (χ1) is 8.54. The van der Waals surface area contributed by atoms with Crippen molar-refractivity contribution in [3.05, 3.63) is 32.4 Å². The second kappa shape index (κ2) is 5.45. The summed E-state index contributed by atoms with van der Waals surface area (Å²) in [7, 11) is -3.60. The van der Waals surface area contributed by atoms with Gasteiger partial charge in [-0.15, -0.1) is 22.7 Å². The van der Waals surface area contributed by atoms with Gasteiger partial charge in [0, 0.05) is 5.38 Å². The fourth-order valence-corrected chi connectivity index (χ4v) is 4.74. The SMILES string of the molecule is Cc1csc(CO)c1S(=O)(=O)NCc1cscn1. The Hall–Kier alpha value is -0.800. The third kappa shape index (κ3) is 2.78. The van der Waals surface area contributed by atoms with E-state index in [9.17, 15) is 8.42 Å². The zero-order chi connectivity index (χ0) is 13.2. The number of aromatic nitrogens is 1. The third-order valence-electron chi connectivity index (χ3n) is 2.33. The molecule has 0 aromatic carbocycles. The molecule has 8 heteroatoms. The molecule has 18 heavy (non-hydrogen) atoms. The maximum absolute atomic E-state index is 12.1. The summed E-state index contributed by atoms with van der Waals surface area (Å²) in [5, 5.41) is 12.7. The number of aryl methyl sites for hydroxylation is 1. The van der Waals surface area contributed by atoms with E-state index in [4.69, 9.17) is 5.11 Å². The van der Waals surface area contributed by atoms with Crippen LogP contribution in [0, 0.1) is 6.92 Å². The second-order valence-corrected chi connectivity index (χ2v) is 7.02. The zero-order valence-corrected chi connectivity index (χ0v) is 12.0. The highest BCUT2D eigenvalue weighted by atomic mass is 32.2. The Bertz CT molecular complexity index is 617. The van der Waals surface area contributed by atoms with Crippen molar-refractivity contribution in [2.45, 2.75) is 25.0 Å². The van der Waals surface area contributed by atoms with E-state index in [2.05, 4.69) is 9.71 Å². The Morgan fingerprint density at radius 1 is 1.44 bits per heavy atom. The highest BCUT2D eigenvalue weighted by Crippen LogP contribution is 2.26. The standard InChI is InChI=1S/C10H12N2O3S3/c1-7-4-17-9(3-13)10(7)18(14,15)12-2-8-5-16-6-11-8/h4-6,12-13H,2-3H2,1H3. The summed E-state index contributed by atoms with van der Waals surface area (Å²) in [6.07, 6.45) is 0. The Kier molecular flexibility index (Phi) is 4.13. The number of nitrogens with one attached hydrogen (secondary N) is 1. The van der Waals surface area contributed by atoms with Gasteiger partial charge in [0.05, 0.1) is 29.2 Å². The van der Waals surface area contributed by atoms with Crippen LogP contribution in [0.4, 0.5) is 0 Å². The molecule has 0 aliphatic rings. The molecule has 0 bridgehead atoms. The number of thiophene rings is 1. The normalized spacial score (nSPS) is 11.9. The summed E-state index contributed by atoms with van der Waals surface area (Å²) in [5.74, 6) is 0. The molecule has 0 saturated heterocycles. The third-order valence-corrected chi connectivity index (χ3v) is 5.81. The van der Waals surface area contributed by atoms with Crippen molar-refractivity contribution in [3.8, 4) is 0 Å². The van der Waals surface area contributed by atoms with Gasteiger partial charge in [0.15, 0.2) is 0 Å². The van der Waals surface area contributed by atoms with Gasteiger partial charge in [-0.25, -0.2) is 18.1 Å². The van der Waals surface area contributed by atoms with Crippen molar-refractivity contribution in [2.24, 2.45) is 0 Å². The molecule has 0 atom stereocenters.